The molecule has 0 bridgehead atoms. The van der Waals surface area contributed by atoms with Crippen LogP contribution in [0.2, 0.25) is 0 Å². The predicted octanol–water partition coefficient (Wildman–Crippen LogP) is 3.82. The van der Waals surface area contributed by atoms with Crippen molar-refractivity contribution < 1.29 is 22.0 Å². The van der Waals surface area contributed by atoms with Crippen molar-refractivity contribution in [1.29, 1.82) is 0 Å². The van der Waals surface area contributed by atoms with E-state index in [1.165, 1.54) is 54.7 Å². The van der Waals surface area contributed by atoms with Crippen molar-refractivity contribution in [3.8, 4) is 0 Å². The van der Waals surface area contributed by atoms with Crippen LogP contribution in [0.3, 0.4) is 0 Å². The number of urea groups is 1. The minimum Gasteiger partial charge on any atom is -0.246 e. The van der Waals surface area contributed by atoms with Gasteiger partial charge in [0.2, 0.25) is 0 Å². The summed E-state index contributed by atoms with van der Waals surface area (Å²) in [6, 6.07) is 12.3. The highest BCUT2D eigenvalue weighted by Gasteiger charge is 2.43. The molecule has 6 nitrogen and oxygen atoms in total. The van der Waals surface area contributed by atoms with Gasteiger partial charge < -0.3 is 0 Å². The first kappa shape index (κ1) is 18.1. The van der Waals surface area contributed by atoms with Crippen molar-refractivity contribution >= 4 is 27.6 Å². The number of carbonyl (C=O) groups is 1. The fraction of sp³-hybridized carbons (Fsp3) is 0.0526. The Morgan fingerprint density at radius 1 is 0.929 bits per heavy atom. The summed E-state index contributed by atoms with van der Waals surface area (Å²) in [5, 5.41) is 0. The Balaban J connectivity index is 1.88. The maximum absolute atomic E-state index is 13.7. The molecule has 1 aliphatic rings. The number of carbonyl (C=O) groups excluding carboxylic acids is 1. The van der Waals surface area contributed by atoms with Gasteiger partial charge in [0.25, 0.3) is 10.0 Å². The van der Waals surface area contributed by atoms with Gasteiger partial charge in [-0.25, -0.2) is 36.2 Å². The Morgan fingerprint density at radius 2 is 1.64 bits per heavy atom. The van der Waals surface area contributed by atoms with Gasteiger partial charge in [-0.15, -0.1) is 0 Å². The Bertz CT molecular complexity index is 1180. The van der Waals surface area contributed by atoms with E-state index in [0.29, 0.717) is 9.87 Å². The highest BCUT2D eigenvalue weighted by Crippen LogP contribution is 2.38. The van der Waals surface area contributed by atoms with Crippen LogP contribution in [0.4, 0.5) is 25.1 Å². The van der Waals surface area contributed by atoms with E-state index in [1.54, 1.807) is 0 Å². The monoisotopic (exact) mass is 401 g/mol. The van der Waals surface area contributed by atoms with Gasteiger partial charge in [0.05, 0.1) is 12.2 Å². The molecule has 2 heterocycles. The first-order chi connectivity index (χ1) is 13.4. The van der Waals surface area contributed by atoms with E-state index in [-0.39, 0.29) is 22.9 Å². The van der Waals surface area contributed by atoms with Gasteiger partial charge in [0, 0.05) is 6.20 Å². The summed E-state index contributed by atoms with van der Waals surface area (Å²) in [6.45, 7) is -0.376. The molecule has 1 aliphatic heterocycles. The summed E-state index contributed by atoms with van der Waals surface area (Å²) in [7, 11) is -4.23. The lowest BCUT2D eigenvalue weighted by Gasteiger charge is -2.35. The maximum Gasteiger partial charge on any atom is 0.344 e. The number of halogens is 2. The third kappa shape index (κ3) is 2.99. The average Bonchev–Trinajstić information content (AvgIpc) is 2.66. The van der Waals surface area contributed by atoms with E-state index >= 15 is 0 Å². The number of benzene rings is 2. The van der Waals surface area contributed by atoms with E-state index in [2.05, 4.69) is 4.98 Å². The Morgan fingerprint density at radius 3 is 2.36 bits per heavy atom. The van der Waals surface area contributed by atoms with Gasteiger partial charge in [0.1, 0.15) is 16.5 Å². The van der Waals surface area contributed by atoms with Crippen molar-refractivity contribution in [3.63, 3.8) is 0 Å². The second-order valence-electron chi connectivity index (χ2n) is 6.06. The van der Waals surface area contributed by atoms with Gasteiger partial charge in [-0.1, -0.05) is 18.2 Å². The SMILES string of the molecule is O=C1N(c2cccc(F)c2)c2ncccc2S(=O)(=O)N1Cc1cccc(F)c1. The lowest BCUT2D eigenvalue weighted by Crippen LogP contribution is -2.48. The zero-order chi connectivity index (χ0) is 19.9. The van der Waals surface area contributed by atoms with Crippen molar-refractivity contribution in [1.82, 2.24) is 9.29 Å². The normalized spacial score (nSPS) is 15.4. The Hall–Kier alpha value is -3.33. The summed E-state index contributed by atoms with van der Waals surface area (Å²) in [5.74, 6) is -1.26. The summed E-state index contributed by atoms with van der Waals surface area (Å²) >= 11 is 0. The molecule has 1 aromatic heterocycles. The number of rotatable bonds is 3. The summed E-state index contributed by atoms with van der Waals surface area (Å²) in [6.07, 6.45) is 1.34. The van der Waals surface area contributed by atoms with Gasteiger partial charge >= 0.3 is 6.03 Å². The van der Waals surface area contributed by atoms with Crippen LogP contribution >= 0.6 is 0 Å². The fourth-order valence-corrected chi connectivity index (χ4v) is 4.45. The first-order valence-electron chi connectivity index (χ1n) is 8.20. The maximum atomic E-state index is 13.7. The number of hydrogen-bond donors (Lipinski definition) is 0. The lowest BCUT2D eigenvalue weighted by atomic mass is 10.2. The molecule has 9 heteroatoms. The zero-order valence-electron chi connectivity index (χ0n) is 14.3. The number of nitrogens with zero attached hydrogens (tertiary/aromatic N) is 3. The molecule has 3 aromatic rings. The van der Waals surface area contributed by atoms with Gasteiger partial charge in [-0.3, -0.25) is 0 Å². The van der Waals surface area contributed by atoms with Crippen LogP contribution in [0.15, 0.2) is 71.8 Å². The van der Waals surface area contributed by atoms with E-state index in [9.17, 15) is 22.0 Å². The topological polar surface area (TPSA) is 70.6 Å². The molecule has 0 fully saturated rings. The summed E-state index contributed by atoms with van der Waals surface area (Å²) in [4.78, 5) is 18.0. The highest BCUT2D eigenvalue weighted by atomic mass is 32.2. The van der Waals surface area contributed by atoms with Crippen LogP contribution < -0.4 is 4.90 Å². The lowest BCUT2D eigenvalue weighted by molar-refractivity contribution is 0.229. The quantitative estimate of drug-likeness (QED) is 0.669. The number of sulfonamides is 1. The molecular weight excluding hydrogens is 388 g/mol. The van der Waals surface area contributed by atoms with Crippen LogP contribution in [0.5, 0.6) is 0 Å². The molecule has 28 heavy (non-hydrogen) atoms. The molecule has 0 saturated heterocycles. The molecule has 2 amide bonds. The third-order valence-electron chi connectivity index (χ3n) is 4.22. The van der Waals surface area contributed by atoms with Crippen LogP contribution in [-0.4, -0.2) is 23.7 Å². The summed E-state index contributed by atoms with van der Waals surface area (Å²) in [5.41, 5.74) is 0.424. The second-order valence-corrected chi connectivity index (χ2v) is 7.90. The van der Waals surface area contributed by atoms with Crippen LogP contribution in [0.1, 0.15) is 5.56 Å². The van der Waals surface area contributed by atoms with E-state index < -0.39 is 27.7 Å². The fourth-order valence-electron chi connectivity index (χ4n) is 2.98. The number of amides is 2. The number of hydrogen-bond acceptors (Lipinski definition) is 4. The van der Waals surface area contributed by atoms with Crippen molar-refractivity contribution in [2.45, 2.75) is 11.4 Å². The van der Waals surface area contributed by atoms with E-state index in [4.69, 9.17) is 0 Å². The van der Waals surface area contributed by atoms with Crippen LogP contribution in [0.25, 0.3) is 0 Å². The second kappa shape index (κ2) is 6.68. The molecule has 0 radical (unpaired) electrons. The number of aromatic nitrogens is 1. The molecule has 2 aromatic carbocycles. The number of anilines is 2. The van der Waals surface area contributed by atoms with Gasteiger partial charge in [-0.05, 0) is 48.0 Å². The minimum absolute atomic E-state index is 0.117. The average molecular weight is 401 g/mol. The third-order valence-corrected chi connectivity index (χ3v) is 5.96. The molecule has 0 atom stereocenters. The minimum atomic E-state index is -4.23. The standard InChI is InChI=1S/C19H13F2N3O3S/c20-14-5-1-4-13(10-14)12-23-19(25)24(16-7-2-6-15(21)11-16)18-17(28(23,26)27)8-3-9-22-18/h1-11H,12H2. The molecular formula is C19H13F2N3O3S. The molecule has 0 saturated carbocycles. The van der Waals surface area contributed by atoms with Crippen molar-refractivity contribution in [2.75, 3.05) is 4.90 Å². The molecule has 142 valence electrons. The molecule has 4 rings (SSSR count). The number of fused-ring (bicyclic) bond motifs is 1. The van der Waals surface area contributed by atoms with Crippen LogP contribution in [0, 0.1) is 11.6 Å². The van der Waals surface area contributed by atoms with E-state index in [0.717, 1.165) is 17.0 Å². The molecule has 0 spiro atoms. The highest BCUT2D eigenvalue weighted by molar-refractivity contribution is 7.90. The first-order valence-corrected chi connectivity index (χ1v) is 9.64. The van der Waals surface area contributed by atoms with Crippen molar-refractivity contribution in [2.24, 2.45) is 0 Å². The van der Waals surface area contributed by atoms with Crippen LogP contribution in [-0.2, 0) is 16.6 Å². The Kier molecular flexibility index (Phi) is 4.31. The summed E-state index contributed by atoms with van der Waals surface area (Å²) < 4.78 is 53.9. The predicted molar refractivity (Wildman–Crippen MR) is 97.3 cm³/mol. The van der Waals surface area contributed by atoms with Gasteiger partial charge in [0.15, 0.2) is 5.82 Å². The molecule has 0 N–H and O–H groups in total. The van der Waals surface area contributed by atoms with E-state index in [1.807, 2.05) is 0 Å². The Labute approximate surface area is 159 Å². The largest absolute Gasteiger partial charge is 0.344 e. The smallest absolute Gasteiger partial charge is 0.246 e. The molecule has 0 aliphatic carbocycles. The van der Waals surface area contributed by atoms with Crippen molar-refractivity contribution in [3.05, 3.63) is 84.1 Å². The molecule has 0 unspecified atom stereocenters. The van der Waals surface area contributed by atoms with Gasteiger partial charge in [-0.2, -0.15) is 0 Å². The number of pyridine rings is 1. The zero-order valence-corrected chi connectivity index (χ0v) is 15.1.